The van der Waals surface area contributed by atoms with Gasteiger partial charge in [0.15, 0.2) is 0 Å². The Morgan fingerprint density at radius 2 is 2.00 bits per heavy atom. The highest BCUT2D eigenvalue weighted by Crippen LogP contribution is 2.35. The van der Waals surface area contributed by atoms with E-state index in [9.17, 15) is 0 Å². The Hall–Kier alpha value is -1.06. The van der Waals surface area contributed by atoms with Gasteiger partial charge in [-0.3, -0.25) is 4.90 Å². The van der Waals surface area contributed by atoms with Gasteiger partial charge < -0.3 is 10.5 Å². The zero-order chi connectivity index (χ0) is 14.0. The monoisotopic (exact) mass is 262 g/mol. The zero-order valence-corrected chi connectivity index (χ0v) is 12.6. The largest absolute Gasteiger partial charge is 0.496 e. The summed E-state index contributed by atoms with van der Waals surface area (Å²) in [4.78, 5) is 2.43. The molecule has 19 heavy (non-hydrogen) atoms. The van der Waals surface area contributed by atoms with Gasteiger partial charge in [-0.2, -0.15) is 0 Å². The van der Waals surface area contributed by atoms with Crippen molar-refractivity contribution in [3.63, 3.8) is 0 Å². The fraction of sp³-hybridized carbons (Fsp3) is 0.625. The summed E-state index contributed by atoms with van der Waals surface area (Å²) in [6.45, 7) is 10.5. The topological polar surface area (TPSA) is 38.5 Å². The molecule has 0 aromatic heterocycles. The molecule has 0 radical (unpaired) electrons. The SMILES string of the molecule is COc1cc2c(cc1C(C)(C)C)CN(CCN)CC2. The van der Waals surface area contributed by atoms with Crippen LogP contribution in [0.4, 0.5) is 0 Å². The molecule has 0 aliphatic carbocycles. The van der Waals surface area contributed by atoms with Gasteiger partial charge >= 0.3 is 0 Å². The van der Waals surface area contributed by atoms with Crippen LogP contribution in [0.1, 0.15) is 37.5 Å². The molecule has 1 heterocycles. The standard InChI is InChI=1S/C16H26N2O/c1-16(2,3)14-9-13-11-18(8-6-17)7-5-12(13)10-15(14)19-4/h9-10H,5-8,11,17H2,1-4H3. The van der Waals surface area contributed by atoms with Crippen LogP contribution >= 0.6 is 0 Å². The lowest BCUT2D eigenvalue weighted by atomic mass is 9.83. The molecule has 0 fully saturated rings. The summed E-state index contributed by atoms with van der Waals surface area (Å²) in [6.07, 6.45) is 1.09. The average molecular weight is 262 g/mol. The zero-order valence-electron chi connectivity index (χ0n) is 12.6. The van der Waals surface area contributed by atoms with E-state index in [0.717, 1.165) is 38.3 Å². The number of hydrogen-bond acceptors (Lipinski definition) is 3. The summed E-state index contributed by atoms with van der Waals surface area (Å²) in [5.74, 6) is 1.03. The molecule has 0 saturated heterocycles. The van der Waals surface area contributed by atoms with Crippen molar-refractivity contribution in [3.05, 3.63) is 28.8 Å². The van der Waals surface area contributed by atoms with Gasteiger partial charge in [0.1, 0.15) is 5.75 Å². The first kappa shape index (κ1) is 14.4. The smallest absolute Gasteiger partial charge is 0.122 e. The molecule has 0 amide bonds. The van der Waals surface area contributed by atoms with Crippen LogP contribution in [0.15, 0.2) is 12.1 Å². The minimum Gasteiger partial charge on any atom is -0.496 e. The van der Waals surface area contributed by atoms with Crippen molar-refractivity contribution < 1.29 is 4.74 Å². The van der Waals surface area contributed by atoms with E-state index in [1.807, 2.05) is 0 Å². The molecule has 3 nitrogen and oxygen atoms in total. The number of nitrogens with zero attached hydrogens (tertiary/aromatic N) is 1. The van der Waals surface area contributed by atoms with Crippen LogP contribution in [-0.4, -0.2) is 31.6 Å². The number of nitrogens with two attached hydrogens (primary N) is 1. The highest BCUT2D eigenvalue weighted by Gasteiger charge is 2.23. The van der Waals surface area contributed by atoms with Gasteiger partial charge in [0, 0.05) is 26.2 Å². The fourth-order valence-corrected chi connectivity index (χ4v) is 2.77. The normalized spacial score (nSPS) is 16.3. The Kier molecular flexibility index (Phi) is 4.16. The molecule has 1 aromatic rings. The number of benzene rings is 1. The molecule has 0 spiro atoms. The Morgan fingerprint density at radius 3 is 2.58 bits per heavy atom. The average Bonchev–Trinajstić information content (AvgIpc) is 2.36. The first-order chi connectivity index (χ1) is 8.95. The van der Waals surface area contributed by atoms with Crippen molar-refractivity contribution in [2.24, 2.45) is 5.73 Å². The van der Waals surface area contributed by atoms with Crippen LogP contribution < -0.4 is 10.5 Å². The lowest BCUT2D eigenvalue weighted by Gasteiger charge is -2.31. The Labute approximate surface area is 116 Å². The maximum atomic E-state index is 5.66. The van der Waals surface area contributed by atoms with Gasteiger partial charge in [-0.15, -0.1) is 0 Å². The second-order valence-corrected chi connectivity index (χ2v) is 6.39. The van der Waals surface area contributed by atoms with Crippen LogP contribution in [0, 0.1) is 0 Å². The van der Waals surface area contributed by atoms with Crippen molar-refractivity contribution in [1.29, 1.82) is 0 Å². The minimum atomic E-state index is 0.108. The molecule has 1 aromatic carbocycles. The van der Waals surface area contributed by atoms with Crippen LogP contribution in [0.25, 0.3) is 0 Å². The number of rotatable bonds is 3. The lowest BCUT2D eigenvalue weighted by molar-refractivity contribution is 0.260. The van der Waals surface area contributed by atoms with Gasteiger partial charge in [0.25, 0.3) is 0 Å². The number of hydrogen-bond donors (Lipinski definition) is 1. The molecule has 0 atom stereocenters. The molecule has 106 valence electrons. The van der Waals surface area contributed by atoms with Gasteiger partial charge in [-0.25, -0.2) is 0 Å². The highest BCUT2D eigenvalue weighted by atomic mass is 16.5. The molecule has 3 heteroatoms. The van der Waals surface area contributed by atoms with Crippen molar-refractivity contribution in [2.75, 3.05) is 26.7 Å². The van der Waals surface area contributed by atoms with Crippen molar-refractivity contribution in [2.45, 2.75) is 39.2 Å². The second kappa shape index (κ2) is 5.51. The summed E-state index contributed by atoms with van der Waals surface area (Å²) < 4.78 is 5.58. The molecule has 0 bridgehead atoms. The number of ether oxygens (including phenoxy) is 1. The first-order valence-electron chi connectivity index (χ1n) is 7.08. The lowest BCUT2D eigenvalue weighted by Crippen LogP contribution is -2.34. The maximum absolute atomic E-state index is 5.66. The fourth-order valence-electron chi connectivity index (χ4n) is 2.77. The van der Waals surface area contributed by atoms with Crippen LogP contribution in [0.5, 0.6) is 5.75 Å². The van der Waals surface area contributed by atoms with Gasteiger partial charge in [-0.1, -0.05) is 26.8 Å². The first-order valence-corrected chi connectivity index (χ1v) is 7.08. The number of methoxy groups -OCH3 is 1. The van der Waals surface area contributed by atoms with E-state index in [-0.39, 0.29) is 5.41 Å². The van der Waals surface area contributed by atoms with E-state index in [0.29, 0.717) is 0 Å². The molecule has 1 aliphatic rings. The third-order valence-electron chi connectivity index (χ3n) is 3.87. The molecular formula is C16H26N2O. The number of fused-ring (bicyclic) bond motifs is 1. The van der Waals surface area contributed by atoms with Crippen molar-refractivity contribution >= 4 is 0 Å². The predicted octanol–water partition coefficient (Wildman–Crippen LogP) is 2.31. The van der Waals surface area contributed by atoms with Gasteiger partial charge in [0.2, 0.25) is 0 Å². The quantitative estimate of drug-likeness (QED) is 0.908. The summed E-state index contributed by atoms with van der Waals surface area (Å²) in [5, 5.41) is 0. The van der Waals surface area contributed by atoms with Gasteiger partial charge in [-0.05, 0) is 34.6 Å². The molecule has 2 N–H and O–H groups in total. The van der Waals surface area contributed by atoms with Crippen LogP contribution in [-0.2, 0) is 18.4 Å². The third kappa shape index (κ3) is 3.10. The van der Waals surface area contributed by atoms with E-state index in [2.05, 4.69) is 37.8 Å². The Bertz CT molecular complexity index is 449. The Balaban J connectivity index is 2.36. The van der Waals surface area contributed by atoms with E-state index >= 15 is 0 Å². The van der Waals surface area contributed by atoms with Crippen molar-refractivity contribution in [3.8, 4) is 5.75 Å². The summed E-state index contributed by atoms with van der Waals surface area (Å²) in [7, 11) is 1.76. The summed E-state index contributed by atoms with van der Waals surface area (Å²) in [5.41, 5.74) is 9.93. The van der Waals surface area contributed by atoms with Crippen molar-refractivity contribution in [1.82, 2.24) is 4.90 Å². The summed E-state index contributed by atoms with van der Waals surface area (Å²) >= 11 is 0. The molecule has 0 saturated carbocycles. The van der Waals surface area contributed by atoms with Crippen LogP contribution in [0.2, 0.25) is 0 Å². The molecular weight excluding hydrogens is 236 g/mol. The second-order valence-electron chi connectivity index (χ2n) is 6.39. The van der Waals surface area contributed by atoms with E-state index < -0.39 is 0 Å². The maximum Gasteiger partial charge on any atom is 0.122 e. The molecule has 1 aliphatic heterocycles. The van der Waals surface area contributed by atoms with E-state index in [1.165, 1.54) is 16.7 Å². The van der Waals surface area contributed by atoms with E-state index in [4.69, 9.17) is 10.5 Å². The van der Waals surface area contributed by atoms with Gasteiger partial charge in [0.05, 0.1) is 7.11 Å². The van der Waals surface area contributed by atoms with Crippen LogP contribution in [0.3, 0.4) is 0 Å². The minimum absolute atomic E-state index is 0.108. The predicted molar refractivity (Wildman–Crippen MR) is 79.7 cm³/mol. The Morgan fingerprint density at radius 1 is 1.26 bits per heavy atom. The molecule has 0 unspecified atom stereocenters. The summed E-state index contributed by atoms with van der Waals surface area (Å²) in [6, 6.07) is 4.56. The molecule has 2 rings (SSSR count). The highest BCUT2D eigenvalue weighted by molar-refractivity contribution is 5.46. The van der Waals surface area contributed by atoms with E-state index in [1.54, 1.807) is 7.11 Å². The third-order valence-corrected chi connectivity index (χ3v) is 3.87.